The minimum absolute atomic E-state index is 0.131. The van der Waals surface area contributed by atoms with E-state index in [9.17, 15) is 14.4 Å². The highest BCUT2D eigenvalue weighted by Crippen LogP contribution is 2.24. The fourth-order valence-electron chi connectivity index (χ4n) is 2.60. The van der Waals surface area contributed by atoms with Crippen molar-refractivity contribution in [2.24, 2.45) is 0 Å². The molecule has 0 aromatic heterocycles. The molecule has 24 heavy (non-hydrogen) atoms. The lowest BCUT2D eigenvalue weighted by Gasteiger charge is -2.20. The van der Waals surface area contributed by atoms with Crippen LogP contribution in [0.5, 0.6) is 0 Å². The lowest BCUT2D eigenvalue weighted by Crippen LogP contribution is -2.32. The number of hydrogen-bond acceptors (Lipinski definition) is 3. The van der Waals surface area contributed by atoms with E-state index in [2.05, 4.69) is 11.2 Å². The average Bonchev–Trinajstić information content (AvgIpc) is 2.52. The smallest absolute Gasteiger partial charge is 0.257 e. The summed E-state index contributed by atoms with van der Waals surface area (Å²) < 4.78 is 0. The van der Waals surface area contributed by atoms with Crippen molar-refractivity contribution in [2.45, 2.75) is 51.9 Å². The summed E-state index contributed by atoms with van der Waals surface area (Å²) in [6.45, 7) is 3.07. The van der Waals surface area contributed by atoms with Crippen LogP contribution in [0.15, 0.2) is 23.3 Å². The highest BCUT2D eigenvalue weighted by molar-refractivity contribution is 6.04. The monoisotopic (exact) mass is 330 g/mol. The summed E-state index contributed by atoms with van der Waals surface area (Å²) in [6.07, 6.45) is 15.6. The van der Waals surface area contributed by atoms with Gasteiger partial charge in [0.25, 0.3) is 5.91 Å². The third-order valence-corrected chi connectivity index (χ3v) is 3.95. The fourth-order valence-corrected chi connectivity index (χ4v) is 2.60. The Kier molecular flexibility index (Phi) is 9.21. The van der Waals surface area contributed by atoms with Crippen molar-refractivity contribution in [1.82, 2.24) is 10.2 Å². The Bertz CT molecular complexity index is 555. The summed E-state index contributed by atoms with van der Waals surface area (Å²) >= 11 is 0. The molecule has 0 aromatic carbocycles. The third kappa shape index (κ3) is 6.41. The molecule has 5 heteroatoms. The van der Waals surface area contributed by atoms with Gasteiger partial charge in [0.05, 0.1) is 6.54 Å². The van der Waals surface area contributed by atoms with Gasteiger partial charge in [-0.3, -0.25) is 19.7 Å². The molecular weight excluding hydrogens is 304 g/mol. The minimum Gasteiger partial charge on any atom is -0.332 e. The maximum absolute atomic E-state index is 11.9. The summed E-state index contributed by atoms with van der Waals surface area (Å²) in [5.74, 6) is 2.34. The quantitative estimate of drug-likeness (QED) is 0.339. The highest BCUT2D eigenvalue weighted by atomic mass is 16.2. The van der Waals surface area contributed by atoms with Crippen LogP contribution in [0.3, 0.4) is 0 Å². The Balaban J connectivity index is 2.21. The van der Waals surface area contributed by atoms with Gasteiger partial charge in [-0.1, -0.05) is 31.8 Å². The van der Waals surface area contributed by atoms with E-state index in [1.165, 1.54) is 0 Å². The van der Waals surface area contributed by atoms with E-state index < -0.39 is 0 Å². The highest BCUT2D eigenvalue weighted by Gasteiger charge is 2.16. The van der Waals surface area contributed by atoms with Crippen molar-refractivity contribution < 1.29 is 14.4 Å². The van der Waals surface area contributed by atoms with Gasteiger partial charge in [-0.05, 0) is 37.3 Å². The maximum atomic E-state index is 11.9. The number of unbranched alkanes of at least 4 members (excludes halogenated alkanes) is 3. The second kappa shape index (κ2) is 11.2. The first-order chi connectivity index (χ1) is 11.6. The summed E-state index contributed by atoms with van der Waals surface area (Å²) in [5.41, 5.74) is 1.61. The van der Waals surface area contributed by atoms with Crippen LogP contribution in [-0.2, 0) is 14.4 Å². The summed E-state index contributed by atoms with van der Waals surface area (Å²) in [6, 6.07) is 0. The zero-order valence-corrected chi connectivity index (χ0v) is 14.3. The third-order valence-electron chi connectivity index (χ3n) is 3.95. The number of carbonyl (C=O) groups excluding carboxylic acids is 3. The van der Waals surface area contributed by atoms with Crippen LogP contribution in [0.25, 0.3) is 0 Å². The molecule has 1 aliphatic carbocycles. The molecule has 0 atom stereocenters. The molecule has 0 radical (unpaired) electrons. The van der Waals surface area contributed by atoms with Crippen molar-refractivity contribution in [3.05, 3.63) is 23.3 Å². The predicted octanol–water partition coefficient (Wildman–Crippen LogP) is 2.34. The number of carbonyl (C=O) groups is 3. The Morgan fingerprint density at radius 3 is 2.58 bits per heavy atom. The number of allylic oxidation sites excluding steroid dienone is 2. The number of hydrogen-bond donors (Lipinski definition) is 1. The van der Waals surface area contributed by atoms with Crippen LogP contribution in [0, 0.1) is 12.3 Å². The van der Waals surface area contributed by atoms with Gasteiger partial charge in [0, 0.05) is 18.5 Å². The molecule has 1 rings (SSSR count). The molecular formula is C19H26N2O3. The van der Waals surface area contributed by atoms with Crippen LogP contribution in [0.1, 0.15) is 51.9 Å². The molecule has 0 heterocycles. The van der Waals surface area contributed by atoms with Crippen molar-refractivity contribution in [3.63, 3.8) is 0 Å². The number of imide groups is 1. The standard InChI is InChI=1S/C19H26N2O3/c1-3-9-18(23)21(13-4-2)14-8-6-5-7-10-16-11-12-17(16)19(24)20-15-22/h2,11-12,15H,3,5-10,13-14H2,1H3,(H,20,22,24). The minimum atomic E-state index is -0.332. The number of terminal acetylenes is 1. The van der Waals surface area contributed by atoms with E-state index in [0.29, 0.717) is 31.5 Å². The Hall–Kier alpha value is -2.35. The lowest BCUT2D eigenvalue weighted by atomic mass is 9.92. The van der Waals surface area contributed by atoms with Gasteiger partial charge < -0.3 is 4.90 Å². The molecule has 1 aliphatic rings. The van der Waals surface area contributed by atoms with Gasteiger partial charge in [0.1, 0.15) is 0 Å². The van der Waals surface area contributed by atoms with Gasteiger partial charge in [0.15, 0.2) is 0 Å². The van der Waals surface area contributed by atoms with Crippen LogP contribution >= 0.6 is 0 Å². The van der Waals surface area contributed by atoms with Crippen molar-refractivity contribution >= 4 is 18.2 Å². The van der Waals surface area contributed by atoms with E-state index in [4.69, 9.17) is 6.42 Å². The van der Waals surface area contributed by atoms with E-state index in [-0.39, 0.29) is 11.8 Å². The van der Waals surface area contributed by atoms with Gasteiger partial charge in [-0.15, -0.1) is 6.42 Å². The first-order valence-electron chi connectivity index (χ1n) is 8.51. The number of rotatable bonds is 12. The van der Waals surface area contributed by atoms with Crippen LogP contribution in [0.4, 0.5) is 0 Å². The summed E-state index contributed by atoms with van der Waals surface area (Å²) in [5, 5.41) is 2.15. The van der Waals surface area contributed by atoms with Gasteiger partial charge >= 0.3 is 0 Å². The fraction of sp³-hybridized carbons (Fsp3) is 0.526. The van der Waals surface area contributed by atoms with E-state index in [1.54, 1.807) is 11.0 Å². The van der Waals surface area contributed by atoms with Gasteiger partial charge in [-0.25, -0.2) is 0 Å². The zero-order chi connectivity index (χ0) is 17.8. The normalized spacial score (nSPS) is 12.3. The van der Waals surface area contributed by atoms with Crippen LogP contribution in [0.2, 0.25) is 0 Å². The van der Waals surface area contributed by atoms with Crippen LogP contribution in [-0.4, -0.2) is 36.2 Å². The topological polar surface area (TPSA) is 66.5 Å². The molecule has 0 bridgehead atoms. The molecule has 3 amide bonds. The second-order valence-corrected chi connectivity index (χ2v) is 5.80. The molecule has 0 spiro atoms. The zero-order valence-electron chi connectivity index (χ0n) is 14.3. The van der Waals surface area contributed by atoms with Crippen LogP contribution < -0.4 is 5.32 Å². The molecule has 1 N–H and O–H groups in total. The van der Waals surface area contributed by atoms with Gasteiger partial charge in [0.2, 0.25) is 12.3 Å². The molecule has 0 unspecified atom stereocenters. The molecule has 0 fully saturated rings. The average molecular weight is 330 g/mol. The maximum Gasteiger partial charge on any atom is 0.257 e. The predicted molar refractivity (Wildman–Crippen MR) is 93.8 cm³/mol. The number of amides is 3. The second-order valence-electron chi connectivity index (χ2n) is 5.80. The molecule has 0 saturated carbocycles. The number of nitrogens with one attached hydrogen (secondary N) is 1. The Labute approximate surface area is 144 Å². The van der Waals surface area contributed by atoms with Crippen molar-refractivity contribution in [1.29, 1.82) is 0 Å². The molecule has 0 saturated heterocycles. The molecule has 0 aromatic rings. The Morgan fingerprint density at radius 2 is 2.00 bits per heavy atom. The van der Waals surface area contributed by atoms with Gasteiger partial charge in [-0.2, -0.15) is 0 Å². The molecule has 130 valence electrons. The molecule has 0 aliphatic heterocycles. The summed E-state index contributed by atoms with van der Waals surface area (Å²) in [4.78, 5) is 35.4. The van der Waals surface area contributed by atoms with Crippen molar-refractivity contribution in [2.75, 3.05) is 13.1 Å². The van der Waals surface area contributed by atoms with E-state index in [1.807, 2.05) is 13.0 Å². The largest absolute Gasteiger partial charge is 0.332 e. The SMILES string of the molecule is C#CCN(CCCCCCC1=C(C(=O)NC=O)C=C1)C(=O)CCC. The first kappa shape index (κ1) is 19.7. The Morgan fingerprint density at radius 1 is 1.25 bits per heavy atom. The first-order valence-corrected chi connectivity index (χ1v) is 8.51. The van der Waals surface area contributed by atoms with E-state index in [0.717, 1.165) is 44.1 Å². The van der Waals surface area contributed by atoms with Crippen molar-refractivity contribution in [3.8, 4) is 12.3 Å². The number of nitrogens with zero attached hydrogens (tertiary/aromatic N) is 1. The van der Waals surface area contributed by atoms with E-state index >= 15 is 0 Å². The molecule has 5 nitrogen and oxygen atoms in total. The summed E-state index contributed by atoms with van der Waals surface area (Å²) in [7, 11) is 0. The lowest BCUT2D eigenvalue weighted by molar-refractivity contribution is -0.130.